The third-order valence-electron chi connectivity index (χ3n) is 2.91. The molecule has 0 fully saturated rings. The lowest BCUT2D eigenvalue weighted by Crippen LogP contribution is -2.14. The molecule has 2 aromatic rings. The van der Waals surface area contributed by atoms with Gasteiger partial charge in [-0.2, -0.15) is 0 Å². The summed E-state index contributed by atoms with van der Waals surface area (Å²) in [5.41, 5.74) is -1.58. The number of non-ortho nitro benzene ring substituents is 1. The molecule has 1 amide bonds. The van der Waals surface area contributed by atoms with Crippen LogP contribution in [0.1, 0.15) is 15.9 Å². The Balaban J connectivity index is 2.42. The molecule has 1 heterocycles. The SMILES string of the molecule is Cc1c(C(=O)Nc2ncc([N+](=O)[O-])s2)cc([N+](=O)[O-])cc1[N+](=O)[O-]. The highest BCUT2D eigenvalue weighted by atomic mass is 32.1. The number of nitrogens with one attached hydrogen (secondary N) is 1. The van der Waals surface area contributed by atoms with E-state index in [2.05, 4.69) is 10.3 Å². The fourth-order valence-corrected chi connectivity index (χ4v) is 2.41. The number of rotatable bonds is 5. The summed E-state index contributed by atoms with van der Waals surface area (Å²) in [5.74, 6) is -0.899. The maximum atomic E-state index is 12.2. The predicted octanol–water partition coefficient (Wildman–Crippen LogP) is 2.43. The molecular formula is C11H7N5O7S. The third kappa shape index (κ3) is 3.30. The van der Waals surface area contributed by atoms with Gasteiger partial charge in [0.2, 0.25) is 0 Å². The van der Waals surface area contributed by atoms with Crippen LogP contribution < -0.4 is 5.32 Å². The molecule has 0 atom stereocenters. The first-order chi connectivity index (χ1) is 11.2. The number of aromatic nitrogens is 1. The molecule has 1 N–H and O–H groups in total. The fraction of sp³-hybridized carbons (Fsp3) is 0.0909. The Labute approximate surface area is 136 Å². The van der Waals surface area contributed by atoms with Gasteiger partial charge in [0.05, 0.1) is 26.4 Å². The van der Waals surface area contributed by atoms with Crippen LogP contribution in [0.5, 0.6) is 0 Å². The summed E-state index contributed by atoms with van der Waals surface area (Å²) in [6.07, 6.45) is 0.934. The minimum Gasteiger partial charge on any atom is -0.298 e. The molecular weight excluding hydrogens is 346 g/mol. The maximum Gasteiger partial charge on any atom is 0.345 e. The predicted molar refractivity (Wildman–Crippen MR) is 81.2 cm³/mol. The number of nitro benzene ring substituents is 2. The Bertz CT molecular complexity index is 878. The van der Waals surface area contributed by atoms with E-state index >= 15 is 0 Å². The van der Waals surface area contributed by atoms with E-state index in [0.717, 1.165) is 18.3 Å². The van der Waals surface area contributed by atoms with Crippen LogP contribution in [-0.4, -0.2) is 25.7 Å². The number of carbonyl (C=O) groups excluding carboxylic acids is 1. The summed E-state index contributed by atoms with van der Waals surface area (Å²) < 4.78 is 0. The second kappa shape index (κ2) is 6.33. The molecule has 0 aliphatic heterocycles. The average Bonchev–Trinajstić information content (AvgIpc) is 2.95. The van der Waals surface area contributed by atoms with E-state index in [4.69, 9.17) is 0 Å². The molecule has 24 heavy (non-hydrogen) atoms. The van der Waals surface area contributed by atoms with Gasteiger partial charge in [-0.25, -0.2) is 4.98 Å². The lowest BCUT2D eigenvalue weighted by Gasteiger charge is -2.06. The van der Waals surface area contributed by atoms with E-state index < -0.39 is 32.1 Å². The number of carbonyl (C=O) groups is 1. The number of hydrogen-bond acceptors (Lipinski definition) is 9. The van der Waals surface area contributed by atoms with E-state index in [1.807, 2.05) is 0 Å². The molecule has 0 bridgehead atoms. The summed E-state index contributed by atoms with van der Waals surface area (Å²) in [5, 5.41) is 34.2. The molecule has 1 aromatic carbocycles. The van der Waals surface area contributed by atoms with Gasteiger partial charge in [0, 0.05) is 11.6 Å². The van der Waals surface area contributed by atoms with Gasteiger partial charge in [0.15, 0.2) is 5.13 Å². The molecule has 0 unspecified atom stereocenters. The number of thiazole rings is 1. The van der Waals surface area contributed by atoms with E-state index in [9.17, 15) is 35.1 Å². The van der Waals surface area contributed by atoms with Crippen LogP contribution in [-0.2, 0) is 0 Å². The zero-order valence-corrected chi connectivity index (χ0v) is 12.6. The van der Waals surface area contributed by atoms with Gasteiger partial charge in [0.25, 0.3) is 17.3 Å². The Morgan fingerprint density at radius 1 is 1.12 bits per heavy atom. The summed E-state index contributed by atoms with van der Waals surface area (Å²) in [6, 6.07) is 1.64. The van der Waals surface area contributed by atoms with Gasteiger partial charge in [-0.3, -0.25) is 40.5 Å². The number of anilines is 1. The van der Waals surface area contributed by atoms with Crippen LogP contribution >= 0.6 is 11.3 Å². The first kappa shape index (κ1) is 16.9. The normalized spacial score (nSPS) is 10.2. The minimum absolute atomic E-state index is 0.0749. The monoisotopic (exact) mass is 353 g/mol. The lowest BCUT2D eigenvalue weighted by molar-refractivity contribution is -0.394. The van der Waals surface area contributed by atoms with Crippen molar-refractivity contribution in [1.29, 1.82) is 0 Å². The maximum absolute atomic E-state index is 12.2. The topological polar surface area (TPSA) is 171 Å². The first-order valence-corrected chi connectivity index (χ1v) is 6.87. The first-order valence-electron chi connectivity index (χ1n) is 6.05. The molecule has 13 heteroatoms. The van der Waals surface area contributed by atoms with E-state index in [1.165, 1.54) is 6.92 Å². The molecule has 0 aliphatic carbocycles. The highest BCUT2D eigenvalue weighted by molar-refractivity contribution is 7.18. The van der Waals surface area contributed by atoms with Crippen LogP contribution in [0.15, 0.2) is 18.3 Å². The van der Waals surface area contributed by atoms with Gasteiger partial charge in [0.1, 0.15) is 6.20 Å². The summed E-state index contributed by atoms with van der Waals surface area (Å²) in [6.45, 7) is 1.26. The number of amides is 1. The Morgan fingerprint density at radius 2 is 1.79 bits per heavy atom. The standard InChI is InChI=1S/C11H7N5O7S/c1-5-7(2-6(14(18)19)3-8(5)15(20)21)10(17)13-11-12-4-9(24-11)16(22)23/h2-4H,1H3,(H,12,13,17). The molecule has 0 saturated carbocycles. The number of nitro groups is 3. The molecule has 0 spiro atoms. The van der Waals surface area contributed by atoms with Crippen molar-refractivity contribution in [1.82, 2.24) is 4.98 Å². The van der Waals surface area contributed by atoms with Gasteiger partial charge < -0.3 is 0 Å². The van der Waals surface area contributed by atoms with Crippen molar-refractivity contribution in [2.45, 2.75) is 6.92 Å². The second-order valence-corrected chi connectivity index (χ2v) is 5.38. The number of nitrogens with zero attached hydrogens (tertiary/aromatic N) is 4. The quantitative estimate of drug-likeness (QED) is 0.630. The van der Waals surface area contributed by atoms with Crippen molar-refractivity contribution in [2.75, 3.05) is 5.32 Å². The Hall–Kier alpha value is -3.48. The number of benzene rings is 1. The van der Waals surface area contributed by atoms with Crippen molar-refractivity contribution in [3.63, 3.8) is 0 Å². The van der Waals surface area contributed by atoms with Crippen molar-refractivity contribution in [2.24, 2.45) is 0 Å². The second-order valence-electron chi connectivity index (χ2n) is 4.37. The van der Waals surface area contributed by atoms with Gasteiger partial charge in [-0.05, 0) is 18.3 Å². The van der Waals surface area contributed by atoms with Crippen LogP contribution in [0.3, 0.4) is 0 Å². The number of hydrogen-bond donors (Lipinski definition) is 1. The molecule has 2 rings (SSSR count). The zero-order chi connectivity index (χ0) is 18.0. The molecule has 0 saturated heterocycles. The van der Waals surface area contributed by atoms with Crippen molar-refractivity contribution in [3.8, 4) is 0 Å². The Kier molecular flexibility index (Phi) is 4.45. The van der Waals surface area contributed by atoms with Gasteiger partial charge >= 0.3 is 5.00 Å². The zero-order valence-electron chi connectivity index (χ0n) is 11.8. The minimum atomic E-state index is -0.899. The molecule has 0 radical (unpaired) electrons. The lowest BCUT2D eigenvalue weighted by atomic mass is 10.0. The Morgan fingerprint density at radius 3 is 2.29 bits per heavy atom. The van der Waals surface area contributed by atoms with Crippen LogP contribution in [0.25, 0.3) is 0 Å². The van der Waals surface area contributed by atoms with E-state index in [1.54, 1.807) is 0 Å². The largest absolute Gasteiger partial charge is 0.345 e. The molecule has 124 valence electrons. The summed E-state index contributed by atoms with van der Waals surface area (Å²) in [7, 11) is 0. The van der Waals surface area contributed by atoms with Crippen molar-refractivity contribution < 1.29 is 19.6 Å². The van der Waals surface area contributed by atoms with Crippen LogP contribution in [0.4, 0.5) is 21.5 Å². The highest BCUT2D eigenvalue weighted by Gasteiger charge is 2.25. The van der Waals surface area contributed by atoms with Crippen molar-refractivity contribution in [3.05, 3.63) is 59.8 Å². The fourth-order valence-electron chi connectivity index (χ4n) is 1.79. The van der Waals surface area contributed by atoms with Gasteiger partial charge in [-0.1, -0.05) is 0 Å². The van der Waals surface area contributed by atoms with Crippen LogP contribution in [0, 0.1) is 37.3 Å². The van der Waals surface area contributed by atoms with Gasteiger partial charge in [-0.15, -0.1) is 0 Å². The van der Waals surface area contributed by atoms with Crippen molar-refractivity contribution >= 4 is 38.8 Å². The average molecular weight is 353 g/mol. The molecule has 0 aliphatic rings. The third-order valence-corrected chi connectivity index (χ3v) is 3.78. The highest BCUT2D eigenvalue weighted by Crippen LogP contribution is 2.30. The summed E-state index contributed by atoms with van der Waals surface area (Å²) >= 11 is 0.581. The van der Waals surface area contributed by atoms with Crippen LogP contribution in [0.2, 0.25) is 0 Å². The summed E-state index contributed by atoms with van der Waals surface area (Å²) in [4.78, 5) is 45.8. The van der Waals surface area contributed by atoms with E-state index in [-0.39, 0.29) is 21.3 Å². The van der Waals surface area contributed by atoms with E-state index in [0.29, 0.717) is 11.3 Å². The molecule has 1 aromatic heterocycles. The smallest absolute Gasteiger partial charge is 0.298 e. The molecule has 12 nitrogen and oxygen atoms in total.